The summed E-state index contributed by atoms with van der Waals surface area (Å²) in [5, 5.41) is 6.94. The Bertz CT molecular complexity index is 1540. The third kappa shape index (κ3) is 4.66. The van der Waals surface area contributed by atoms with Crippen LogP contribution in [0, 0.1) is 0 Å². The Morgan fingerprint density at radius 2 is 1.97 bits per heavy atom. The molecule has 1 aliphatic heterocycles. The number of carbonyl (C=O) groups is 2. The number of benzene rings is 1. The number of alkyl halides is 3. The molecule has 1 N–H and O–H groups in total. The van der Waals surface area contributed by atoms with E-state index in [4.69, 9.17) is 4.74 Å². The number of aryl methyl sites for hydroxylation is 1. The molecular weight excluding hydrogens is 503 g/mol. The predicted molar refractivity (Wildman–Crippen MR) is 131 cm³/mol. The fraction of sp³-hybridized carbons (Fsp3) is 0.320. The van der Waals surface area contributed by atoms with Crippen LogP contribution in [-0.4, -0.2) is 47.2 Å². The second-order valence-electron chi connectivity index (χ2n) is 8.97. The molecular formula is C25H24F3N7O3. The van der Waals surface area contributed by atoms with Gasteiger partial charge in [0.15, 0.2) is 5.82 Å². The van der Waals surface area contributed by atoms with E-state index >= 15 is 0 Å². The molecule has 5 rings (SSSR count). The molecule has 0 fully saturated rings. The molecule has 10 nitrogen and oxygen atoms in total. The minimum absolute atomic E-state index is 0.00335. The van der Waals surface area contributed by atoms with Crippen LogP contribution in [0.5, 0.6) is 11.6 Å². The number of fused-ring (bicyclic) bond motifs is 2. The van der Waals surface area contributed by atoms with Gasteiger partial charge in [0.05, 0.1) is 17.8 Å². The van der Waals surface area contributed by atoms with Crippen molar-refractivity contribution in [1.29, 1.82) is 0 Å². The Kier molecular flexibility index (Phi) is 6.29. The summed E-state index contributed by atoms with van der Waals surface area (Å²) in [6, 6.07) is 6.88. The summed E-state index contributed by atoms with van der Waals surface area (Å²) >= 11 is 0. The van der Waals surface area contributed by atoms with Gasteiger partial charge in [-0.15, -0.1) is 0 Å². The lowest BCUT2D eigenvalue weighted by Gasteiger charge is -2.33. The zero-order valence-corrected chi connectivity index (χ0v) is 20.8. The summed E-state index contributed by atoms with van der Waals surface area (Å²) in [4.78, 5) is 35.1. The van der Waals surface area contributed by atoms with E-state index in [-0.39, 0.29) is 24.3 Å². The molecule has 13 heteroatoms. The van der Waals surface area contributed by atoms with Gasteiger partial charge in [-0.1, -0.05) is 0 Å². The van der Waals surface area contributed by atoms with E-state index in [1.807, 2.05) is 6.92 Å². The van der Waals surface area contributed by atoms with Gasteiger partial charge in [0, 0.05) is 42.7 Å². The zero-order valence-electron chi connectivity index (χ0n) is 20.8. The van der Waals surface area contributed by atoms with E-state index in [9.17, 15) is 22.8 Å². The average Bonchev–Trinajstić information content (AvgIpc) is 3.47. The van der Waals surface area contributed by atoms with Gasteiger partial charge in [0.1, 0.15) is 17.8 Å². The Labute approximate surface area is 215 Å². The van der Waals surface area contributed by atoms with E-state index in [0.29, 0.717) is 35.5 Å². The number of ether oxygens (including phenoxy) is 1. The number of carbonyl (C=O) groups excluding carboxylic acids is 2. The molecule has 1 aromatic carbocycles. The molecule has 4 aromatic rings. The molecule has 198 valence electrons. The van der Waals surface area contributed by atoms with Gasteiger partial charge in [-0.3, -0.25) is 19.4 Å². The Morgan fingerprint density at radius 3 is 2.66 bits per heavy atom. The molecule has 2 amide bonds. The van der Waals surface area contributed by atoms with E-state index in [0.717, 1.165) is 22.0 Å². The van der Waals surface area contributed by atoms with Gasteiger partial charge < -0.3 is 9.64 Å². The first-order chi connectivity index (χ1) is 18.0. The number of amides is 2. The van der Waals surface area contributed by atoms with Crippen LogP contribution in [0.2, 0.25) is 0 Å². The van der Waals surface area contributed by atoms with Gasteiger partial charge in [0.2, 0.25) is 11.8 Å². The lowest BCUT2D eigenvalue weighted by molar-refractivity contribution is -0.144. The first kappa shape index (κ1) is 25.2. The number of nitrogens with zero attached hydrogens (tertiary/aromatic N) is 6. The zero-order chi connectivity index (χ0) is 27.2. The highest BCUT2D eigenvalue weighted by molar-refractivity contribution is 5.98. The quantitative estimate of drug-likeness (QED) is 0.407. The van der Waals surface area contributed by atoms with Crippen LogP contribution in [0.25, 0.3) is 10.9 Å². The molecule has 0 aliphatic carbocycles. The summed E-state index contributed by atoms with van der Waals surface area (Å²) in [5.41, 5.74) is 1.15. The molecule has 1 atom stereocenters. The minimum Gasteiger partial charge on any atom is -0.439 e. The number of halogens is 3. The molecule has 0 radical (unpaired) electrons. The highest BCUT2D eigenvalue weighted by atomic mass is 19.4. The number of nitrogens with one attached hydrogen (secondary N) is 1. The van der Waals surface area contributed by atoms with Crippen LogP contribution in [-0.2, 0) is 30.5 Å². The van der Waals surface area contributed by atoms with Gasteiger partial charge in [-0.25, -0.2) is 14.8 Å². The third-order valence-electron chi connectivity index (χ3n) is 6.45. The topological polar surface area (TPSA) is 107 Å². The molecule has 0 bridgehead atoms. The largest absolute Gasteiger partial charge is 0.439 e. The smallest absolute Gasteiger partial charge is 0.433 e. The van der Waals surface area contributed by atoms with Crippen molar-refractivity contribution in [3.8, 4) is 11.6 Å². The predicted octanol–water partition coefficient (Wildman–Crippen LogP) is 4.83. The normalized spacial score (nSPS) is 15.4. The van der Waals surface area contributed by atoms with Crippen molar-refractivity contribution >= 4 is 28.7 Å². The first-order valence-electron chi connectivity index (χ1n) is 11.9. The average molecular weight is 528 g/mol. The SMILES string of the molecule is CCn1nc(NC(=O)n2ccc3cc(Oc4ncnc5c4C[C@H](C)N(C(C)=O)C5)ccc32)cc1C(F)(F)F. The van der Waals surface area contributed by atoms with E-state index < -0.39 is 17.9 Å². The van der Waals surface area contributed by atoms with Crippen molar-refractivity contribution in [2.75, 3.05) is 5.32 Å². The lowest BCUT2D eigenvalue weighted by atomic mass is 9.99. The fourth-order valence-corrected chi connectivity index (χ4v) is 4.59. The second kappa shape index (κ2) is 9.47. The standard InChI is InChI=1S/C25H24F3N7O3/c1-4-35-21(25(26,27)28)11-22(32-35)31-24(37)33-8-7-16-10-17(5-6-20(16)33)38-23-18-9-14(2)34(15(3)36)12-19(18)29-13-30-23/h5-8,10-11,13-14H,4,9,12H2,1-3H3,(H,31,32,37)/t14-/m0/s1. The van der Waals surface area contributed by atoms with Crippen molar-refractivity contribution in [2.24, 2.45) is 0 Å². The van der Waals surface area contributed by atoms with Gasteiger partial charge in [0.25, 0.3) is 0 Å². The van der Waals surface area contributed by atoms with Gasteiger partial charge >= 0.3 is 12.2 Å². The number of anilines is 1. The van der Waals surface area contributed by atoms with Crippen molar-refractivity contribution in [1.82, 2.24) is 29.2 Å². The maximum atomic E-state index is 13.2. The molecule has 3 aromatic heterocycles. The molecule has 0 saturated carbocycles. The maximum Gasteiger partial charge on any atom is 0.433 e. The summed E-state index contributed by atoms with van der Waals surface area (Å²) in [6.07, 6.45) is -1.13. The minimum atomic E-state index is -4.59. The summed E-state index contributed by atoms with van der Waals surface area (Å²) in [6.45, 7) is 5.40. The highest BCUT2D eigenvalue weighted by Crippen LogP contribution is 2.33. The number of hydrogen-bond donors (Lipinski definition) is 1. The monoisotopic (exact) mass is 527 g/mol. The van der Waals surface area contributed by atoms with E-state index in [1.54, 1.807) is 29.2 Å². The molecule has 1 aliphatic rings. The van der Waals surface area contributed by atoms with Gasteiger partial charge in [-0.05, 0) is 44.5 Å². The third-order valence-corrected chi connectivity index (χ3v) is 6.45. The molecule has 0 unspecified atom stereocenters. The van der Waals surface area contributed by atoms with Crippen LogP contribution < -0.4 is 10.1 Å². The number of rotatable bonds is 4. The van der Waals surface area contributed by atoms with Crippen molar-refractivity contribution in [3.63, 3.8) is 0 Å². The summed E-state index contributed by atoms with van der Waals surface area (Å²) < 4.78 is 47.8. The van der Waals surface area contributed by atoms with Crippen LogP contribution >= 0.6 is 0 Å². The van der Waals surface area contributed by atoms with Gasteiger partial charge in [-0.2, -0.15) is 18.3 Å². The van der Waals surface area contributed by atoms with Crippen LogP contribution in [0.1, 0.15) is 37.7 Å². The van der Waals surface area contributed by atoms with Crippen LogP contribution in [0.4, 0.5) is 23.8 Å². The fourth-order valence-electron chi connectivity index (χ4n) is 4.59. The summed E-state index contributed by atoms with van der Waals surface area (Å²) in [7, 11) is 0. The Morgan fingerprint density at radius 1 is 1.18 bits per heavy atom. The van der Waals surface area contributed by atoms with Crippen molar-refractivity contribution < 1.29 is 27.5 Å². The number of hydrogen-bond acceptors (Lipinski definition) is 6. The van der Waals surface area contributed by atoms with Crippen LogP contribution in [0.3, 0.4) is 0 Å². The molecule has 4 heterocycles. The maximum absolute atomic E-state index is 13.2. The lowest BCUT2D eigenvalue weighted by Crippen LogP contribution is -2.41. The Hall–Kier alpha value is -4.42. The van der Waals surface area contributed by atoms with Crippen molar-refractivity contribution in [2.45, 2.75) is 52.5 Å². The Balaban J connectivity index is 1.36. The number of aromatic nitrogens is 5. The van der Waals surface area contributed by atoms with Crippen LogP contribution in [0.15, 0.2) is 42.9 Å². The first-order valence-corrected chi connectivity index (χ1v) is 11.9. The summed E-state index contributed by atoms with van der Waals surface area (Å²) in [5.74, 6) is 0.656. The highest BCUT2D eigenvalue weighted by Gasteiger charge is 2.36. The molecule has 0 spiro atoms. The van der Waals surface area contributed by atoms with Crippen molar-refractivity contribution in [3.05, 3.63) is 59.8 Å². The molecule has 38 heavy (non-hydrogen) atoms. The van der Waals surface area contributed by atoms with E-state index in [1.165, 1.54) is 30.9 Å². The molecule has 0 saturated heterocycles. The second-order valence-corrected chi connectivity index (χ2v) is 8.97. The van der Waals surface area contributed by atoms with E-state index in [2.05, 4.69) is 20.4 Å².